The first-order valence-electron chi connectivity index (χ1n) is 3.42. The van der Waals surface area contributed by atoms with Crippen LogP contribution in [0, 0.1) is 0 Å². The Balaban J connectivity index is 3.44. The smallest absolute Gasteiger partial charge is 0.0390 e. The van der Waals surface area contributed by atoms with Crippen molar-refractivity contribution < 1.29 is 0 Å². The molecule has 0 N–H and O–H groups in total. The van der Waals surface area contributed by atoms with Crippen LogP contribution in [-0.2, 0) is 0 Å². The van der Waals surface area contributed by atoms with E-state index in [2.05, 4.69) is 13.5 Å². The van der Waals surface area contributed by atoms with Gasteiger partial charge in [0, 0.05) is 15.1 Å². The van der Waals surface area contributed by atoms with Gasteiger partial charge in [-0.25, -0.2) is 0 Å². The van der Waals surface area contributed by atoms with Crippen molar-refractivity contribution in [1.29, 1.82) is 0 Å². The zero-order chi connectivity index (χ0) is 7.33. The lowest BCUT2D eigenvalue weighted by molar-refractivity contribution is 0.636. The molecule has 1 atom stereocenters. The molecule has 0 aliphatic heterocycles. The van der Waals surface area contributed by atoms with Crippen LogP contribution in [0.15, 0.2) is 12.7 Å². The third-order valence-electron chi connectivity index (χ3n) is 1.61. The molecular weight excluding hydrogens is 148 g/mol. The highest BCUT2D eigenvalue weighted by atomic mass is 35.5. The molecule has 0 bridgehead atoms. The standard InChI is InChI=1S/C7H15ClSi/c1-3-4-5-7(2,8)6-9/h3H,1,4-6H2,2,9H3. The summed E-state index contributed by atoms with van der Waals surface area (Å²) >= 11 is 6.09. The van der Waals surface area contributed by atoms with Crippen molar-refractivity contribution in [1.82, 2.24) is 0 Å². The van der Waals surface area contributed by atoms with E-state index in [1.807, 2.05) is 6.08 Å². The maximum Gasteiger partial charge on any atom is 0.0390 e. The Labute approximate surface area is 65.7 Å². The number of allylic oxidation sites excluding steroid dienone is 1. The summed E-state index contributed by atoms with van der Waals surface area (Å²) in [5.74, 6) is 0. The molecule has 0 saturated heterocycles. The average molecular weight is 163 g/mol. The van der Waals surface area contributed by atoms with Gasteiger partial charge >= 0.3 is 0 Å². The third-order valence-corrected chi connectivity index (χ3v) is 4.07. The molecule has 0 aromatic heterocycles. The fraction of sp³-hybridized carbons (Fsp3) is 0.714. The summed E-state index contributed by atoms with van der Waals surface area (Å²) in [4.78, 5) is 0.0560. The van der Waals surface area contributed by atoms with Gasteiger partial charge in [-0.05, 0) is 25.8 Å². The second-order valence-corrected chi connectivity index (χ2v) is 4.21. The summed E-state index contributed by atoms with van der Waals surface area (Å²) in [7, 11) is 1.20. The Morgan fingerprint density at radius 2 is 2.33 bits per heavy atom. The van der Waals surface area contributed by atoms with Gasteiger partial charge in [0.25, 0.3) is 0 Å². The van der Waals surface area contributed by atoms with Crippen molar-refractivity contribution in [2.24, 2.45) is 0 Å². The van der Waals surface area contributed by atoms with Crippen LogP contribution >= 0.6 is 11.6 Å². The van der Waals surface area contributed by atoms with E-state index in [0.717, 1.165) is 12.8 Å². The van der Waals surface area contributed by atoms with Crippen molar-refractivity contribution >= 4 is 21.8 Å². The van der Waals surface area contributed by atoms with Gasteiger partial charge in [0.2, 0.25) is 0 Å². The van der Waals surface area contributed by atoms with Crippen molar-refractivity contribution in [2.45, 2.75) is 30.7 Å². The molecule has 0 fully saturated rings. The van der Waals surface area contributed by atoms with Gasteiger partial charge in [-0.1, -0.05) is 6.08 Å². The lowest BCUT2D eigenvalue weighted by atomic mass is 10.1. The first-order chi connectivity index (χ1) is 4.12. The molecule has 2 heteroatoms. The summed E-state index contributed by atoms with van der Waals surface area (Å²) in [5, 5.41) is 0. The Morgan fingerprint density at radius 3 is 2.67 bits per heavy atom. The maximum absolute atomic E-state index is 6.09. The summed E-state index contributed by atoms with van der Waals surface area (Å²) in [6, 6.07) is 1.17. The predicted molar refractivity (Wildman–Crippen MR) is 48.4 cm³/mol. The molecule has 0 nitrogen and oxygen atoms in total. The van der Waals surface area contributed by atoms with Crippen LogP contribution in [0.5, 0.6) is 0 Å². The number of hydrogen-bond donors (Lipinski definition) is 0. The van der Waals surface area contributed by atoms with Crippen LogP contribution in [0.1, 0.15) is 19.8 Å². The largest absolute Gasteiger partial charge is 0.120 e. The molecule has 0 aliphatic carbocycles. The van der Waals surface area contributed by atoms with Crippen LogP contribution in [0.2, 0.25) is 6.04 Å². The zero-order valence-corrected chi connectivity index (χ0v) is 9.04. The molecule has 0 aromatic carbocycles. The van der Waals surface area contributed by atoms with E-state index < -0.39 is 0 Å². The van der Waals surface area contributed by atoms with Gasteiger partial charge in [-0.2, -0.15) is 0 Å². The first-order valence-corrected chi connectivity index (χ1v) is 5.21. The first kappa shape index (κ1) is 9.25. The maximum atomic E-state index is 6.09. The van der Waals surface area contributed by atoms with E-state index >= 15 is 0 Å². The van der Waals surface area contributed by atoms with E-state index in [1.165, 1.54) is 16.3 Å². The van der Waals surface area contributed by atoms with Crippen LogP contribution in [0.25, 0.3) is 0 Å². The highest BCUT2D eigenvalue weighted by Gasteiger charge is 2.15. The molecule has 0 aliphatic rings. The minimum Gasteiger partial charge on any atom is -0.120 e. The topological polar surface area (TPSA) is 0 Å². The molecule has 0 spiro atoms. The summed E-state index contributed by atoms with van der Waals surface area (Å²) in [6.45, 7) is 5.75. The van der Waals surface area contributed by atoms with E-state index in [9.17, 15) is 0 Å². The third kappa shape index (κ3) is 4.73. The fourth-order valence-electron chi connectivity index (χ4n) is 0.580. The number of halogens is 1. The second kappa shape index (κ2) is 4.12. The lowest BCUT2D eigenvalue weighted by Gasteiger charge is -2.17. The van der Waals surface area contributed by atoms with Crippen molar-refractivity contribution in [3.63, 3.8) is 0 Å². The van der Waals surface area contributed by atoms with E-state index in [1.54, 1.807) is 0 Å². The van der Waals surface area contributed by atoms with Crippen molar-refractivity contribution in [3.05, 3.63) is 12.7 Å². The van der Waals surface area contributed by atoms with Gasteiger partial charge < -0.3 is 0 Å². The lowest BCUT2D eigenvalue weighted by Crippen LogP contribution is -2.14. The molecule has 1 unspecified atom stereocenters. The molecule has 0 aromatic rings. The minimum atomic E-state index is 0.0560. The van der Waals surface area contributed by atoms with E-state index in [0.29, 0.717) is 0 Å². The minimum absolute atomic E-state index is 0.0560. The molecule has 0 radical (unpaired) electrons. The van der Waals surface area contributed by atoms with Gasteiger partial charge in [0.05, 0.1) is 0 Å². The average Bonchev–Trinajstić information content (AvgIpc) is 1.84. The van der Waals surface area contributed by atoms with Crippen LogP contribution in [-0.4, -0.2) is 15.1 Å². The Kier molecular flexibility index (Phi) is 4.24. The Bertz CT molecular complexity index is 88.9. The number of hydrogen-bond acceptors (Lipinski definition) is 0. The second-order valence-electron chi connectivity index (χ2n) is 2.59. The number of alkyl halides is 1. The van der Waals surface area contributed by atoms with Crippen LogP contribution in [0.4, 0.5) is 0 Å². The predicted octanol–water partition coefficient (Wildman–Crippen LogP) is 1.73. The zero-order valence-electron chi connectivity index (χ0n) is 6.28. The van der Waals surface area contributed by atoms with Gasteiger partial charge in [0.15, 0.2) is 0 Å². The monoisotopic (exact) mass is 162 g/mol. The highest BCUT2D eigenvalue weighted by Crippen LogP contribution is 2.23. The molecule has 0 heterocycles. The summed E-state index contributed by atoms with van der Waals surface area (Å²) < 4.78 is 0. The van der Waals surface area contributed by atoms with Crippen LogP contribution in [0.3, 0.4) is 0 Å². The van der Waals surface area contributed by atoms with Crippen molar-refractivity contribution in [3.8, 4) is 0 Å². The molecule has 9 heavy (non-hydrogen) atoms. The summed E-state index contributed by atoms with van der Waals surface area (Å²) in [6.07, 6.45) is 4.04. The van der Waals surface area contributed by atoms with Gasteiger partial charge in [0.1, 0.15) is 0 Å². The molecule has 0 saturated carbocycles. The van der Waals surface area contributed by atoms with Gasteiger partial charge in [-0.15, -0.1) is 18.2 Å². The van der Waals surface area contributed by atoms with E-state index in [-0.39, 0.29) is 4.87 Å². The van der Waals surface area contributed by atoms with Crippen molar-refractivity contribution in [2.75, 3.05) is 0 Å². The van der Waals surface area contributed by atoms with Gasteiger partial charge in [-0.3, -0.25) is 0 Å². The Hall–Kier alpha value is 0.247. The quantitative estimate of drug-likeness (QED) is 0.336. The number of rotatable bonds is 4. The van der Waals surface area contributed by atoms with E-state index in [4.69, 9.17) is 11.6 Å². The molecule has 0 amide bonds. The molecule has 54 valence electrons. The Morgan fingerprint density at radius 1 is 1.78 bits per heavy atom. The van der Waals surface area contributed by atoms with Crippen LogP contribution < -0.4 is 0 Å². The highest BCUT2D eigenvalue weighted by molar-refractivity contribution is 6.27. The SMILES string of the molecule is C=CCCC(C)(Cl)C[SiH3]. The normalized spacial score (nSPS) is 17.1. The fourth-order valence-corrected chi connectivity index (χ4v) is 1.04. The summed E-state index contributed by atoms with van der Waals surface area (Å²) in [5.41, 5.74) is 0. The molecule has 0 rings (SSSR count). The molecular formula is C7H15ClSi.